The van der Waals surface area contributed by atoms with E-state index in [1.54, 1.807) is 6.92 Å². The highest BCUT2D eigenvalue weighted by Crippen LogP contribution is 2.36. The number of nitrogens with one attached hydrogen (secondary N) is 1. The highest BCUT2D eigenvalue weighted by Gasteiger charge is 2.39. The summed E-state index contributed by atoms with van der Waals surface area (Å²) in [5, 5.41) is 10.4. The van der Waals surface area contributed by atoms with E-state index in [0.717, 1.165) is 21.1 Å². The van der Waals surface area contributed by atoms with Gasteiger partial charge in [0.1, 0.15) is 6.04 Å². The molecule has 27 heavy (non-hydrogen) atoms. The van der Waals surface area contributed by atoms with E-state index in [1.165, 1.54) is 13.8 Å². The zero-order chi connectivity index (χ0) is 20.5. The molecule has 0 aliphatic heterocycles. The van der Waals surface area contributed by atoms with Gasteiger partial charge in [-0.05, 0) is 35.5 Å². The molecule has 0 fully saturated rings. The number of carbonyl (C=O) groups excluding carboxylic acids is 1. The molecule has 0 unspecified atom stereocenters. The molecule has 0 saturated carbocycles. The van der Waals surface area contributed by atoms with Crippen molar-refractivity contribution < 1.29 is 26.7 Å². The fourth-order valence-corrected chi connectivity index (χ4v) is 3.23. The standard InChI is InChI=1S/C13H14BrF5N6OS/c1-4-27-12-21-20-10(9(15)16)25(12)23-11(26)6(3)24-5(2)7(14)8(22-24)13(17,18)19/h6,9H,4H2,1-3H3,(H,23,26)/t6-/m1/s1. The van der Waals surface area contributed by atoms with Crippen LogP contribution in [-0.4, -0.2) is 36.3 Å². The van der Waals surface area contributed by atoms with E-state index < -0.39 is 36.1 Å². The topological polar surface area (TPSA) is 77.6 Å². The number of rotatable bonds is 6. The van der Waals surface area contributed by atoms with Crippen LogP contribution in [0.4, 0.5) is 22.0 Å². The molecule has 150 valence electrons. The smallest absolute Gasteiger partial charge is 0.271 e. The van der Waals surface area contributed by atoms with Gasteiger partial charge in [0.2, 0.25) is 11.0 Å². The van der Waals surface area contributed by atoms with Crippen LogP contribution in [0.1, 0.15) is 43.5 Å². The van der Waals surface area contributed by atoms with E-state index in [2.05, 4.69) is 36.7 Å². The lowest BCUT2D eigenvalue weighted by molar-refractivity contribution is -0.142. The Labute approximate surface area is 162 Å². The molecule has 1 N–H and O–H groups in total. The lowest BCUT2D eigenvalue weighted by Crippen LogP contribution is -2.32. The molecule has 0 radical (unpaired) electrons. The molecule has 0 bridgehead atoms. The van der Waals surface area contributed by atoms with Gasteiger partial charge >= 0.3 is 6.18 Å². The summed E-state index contributed by atoms with van der Waals surface area (Å²) in [4.78, 5) is 12.5. The highest BCUT2D eigenvalue weighted by atomic mass is 79.9. The highest BCUT2D eigenvalue weighted by molar-refractivity contribution is 9.10. The molecule has 0 spiro atoms. The molecule has 0 aliphatic carbocycles. The van der Waals surface area contributed by atoms with Gasteiger partial charge in [0, 0.05) is 0 Å². The summed E-state index contributed by atoms with van der Waals surface area (Å²) < 4.78 is 66.4. The van der Waals surface area contributed by atoms with Gasteiger partial charge in [-0.3, -0.25) is 14.9 Å². The maximum absolute atomic E-state index is 13.1. The van der Waals surface area contributed by atoms with Crippen LogP contribution in [0.3, 0.4) is 0 Å². The molecule has 2 rings (SSSR count). The third-order valence-electron chi connectivity index (χ3n) is 3.44. The maximum atomic E-state index is 13.1. The Bertz CT molecular complexity index is 836. The Kier molecular flexibility index (Phi) is 6.50. The number of hydrogen-bond acceptors (Lipinski definition) is 5. The molecule has 14 heteroatoms. The van der Waals surface area contributed by atoms with Crippen LogP contribution in [0.25, 0.3) is 0 Å². The quantitative estimate of drug-likeness (QED) is 0.504. The predicted octanol–water partition coefficient (Wildman–Crippen LogP) is 3.95. The number of halogens is 6. The molecular weight excluding hydrogens is 463 g/mol. The Morgan fingerprint density at radius 1 is 1.33 bits per heavy atom. The van der Waals surface area contributed by atoms with E-state index in [-0.39, 0.29) is 15.3 Å². The van der Waals surface area contributed by atoms with Crippen LogP contribution in [0.15, 0.2) is 9.63 Å². The van der Waals surface area contributed by atoms with E-state index in [9.17, 15) is 26.7 Å². The monoisotopic (exact) mass is 476 g/mol. The molecule has 0 saturated heterocycles. The second-order valence-electron chi connectivity index (χ2n) is 5.25. The number of aromatic nitrogens is 5. The van der Waals surface area contributed by atoms with Crippen molar-refractivity contribution in [1.82, 2.24) is 24.7 Å². The number of hydrogen-bond donors (Lipinski definition) is 1. The van der Waals surface area contributed by atoms with Crippen molar-refractivity contribution >= 4 is 33.6 Å². The fourth-order valence-electron chi connectivity index (χ4n) is 2.12. The molecule has 1 atom stereocenters. The van der Waals surface area contributed by atoms with Gasteiger partial charge in [0.15, 0.2) is 5.69 Å². The van der Waals surface area contributed by atoms with Crippen LogP contribution < -0.4 is 5.43 Å². The van der Waals surface area contributed by atoms with Gasteiger partial charge in [0.25, 0.3) is 12.3 Å². The molecule has 0 aliphatic rings. The van der Waals surface area contributed by atoms with Crippen molar-refractivity contribution in [3.63, 3.8) is 0 Å². The van der Waals surface area contributed by atoms with E-state index in [1.807, 2.05) is 0 Å². The van der Waals surface area contributed by atoms with Gasteiger partial charge in [-0.2, -0.15) is 18.3 Å². The molecule has 2 aromatic rings. The fraction of sp³-hybridized carbons (Fsp3) is 0.538. The summed E-state index contributed by atoms with van der Waals surface area (Å²) in [7, 11) is 0. The molecule has 2 aromatic heterocycles. The van der Waals surface area contributed by atoms with Crippen molar-refractivity contribution in [3.8, 4) is 0 Å². The van der Waals surface area contributed by atoms with Gasteiger partial charge in [-0.1, -0.05) is 18.7 Å². The Morgan fingerprint density at radius 2 is 1.96 bits per heavy atom. The first-order chi connectivity index (χ1) is 12.5. The van der Waals surface area contributed by atoms with Gasteiger partial charge in [-0.25, -0.2) is 13.5 Å². The minimum Gasteiger partial charge on any atom is -0.271 e. The van der Waals surface area contributed by atoms with Gasteiger partial charge in [0.05, 0.1) is 10.2 Å². The van der Waals surface area contributed by atoms with E-state index in [0.29, 0.717) is 5.75 Å². The molecule has 1 amide bonds. The third kappa shape index (κ3) is 4.42. The SMILES string of the molecule is CCSc1nnc(C(F)F)n1NC(=O)[C@@H](C)n1nc(C(F)(F)F)c(Br)c1C. The first kappa shape index (κ1) is 21.6. The first-order valence-electron chi connectivity index (χ1n) is 7.47. The van der Waals surface area contributed by atoms with Gasteiger partial charge < -0.3 is 0 Å². The van der Waals surface area contributed by atoms with Crippen molar-refractivity contribution in [2.24, 2.45) is 0 Å². The molecular formula is C13H14BrF5N6OS. The number of alkyl halides is 5. The average molecular weight is 477 g/mol. The van der Waals surface area contributed by atoms with Crippen LogP contribution in [0.5, 0.6) is 0 Å². The Morgan fingerprint density at radius 3 is 2.44 bits per heavy atom. The predicted molar refractivity (Wildman–Crippen MR) is 90.1 cm³/mol. The molecule has 7 nitrogen and oxygen atoms in total. The normalized spacial score (nSPS) is 13.3. The summed E-state index contributed by atoms with van der Waals surface area (Å²) in [5.41, 5.74) is 1.09. The largest absolute Gasteiger partial charge is 0.436 e. The van der Waals surface area contributed by atoms with Crippen LogP contribution in [-0.2, 0) is 11.0 Å². The summed E-state index contributed by atoms with van der Waals surface area (Å²) in [6, 6.07) is -1.22. The number of nitrogens with zero attached hydrogens (tertiary/aromatic N) is 5. The number of carbonyl (C=O) groups is 1. The third-order valence-corrected chi connectivity index (χ3v) is 5.20. The summed E-state index contributed by atoms with van der Waals surface area (Å²) in [5.74, 6) is -1.16. The zero-order valence-electron chi connectivity index (χ0n) is 14.2. The first-order valence-corrected chi connectivity index (χ1v) is 9.25. The number of amides is 1. The molecule has 0 aromatic carbocycles. The minimum atomic E-state index is -4.72. The van der Waals surface area contributed by atoms with E-state index >= 15 is 0 Å². The lowest BCUT2D eigenvalue weighted by atomic mass is 10.3. The van der Waals surface area contributed by atoms with E-state index in [4.69, 9.17) is 0 Å². The summed E-state index contributed by atoms with van der Waals surface area (Å²) in [6.07, 6.45) is -7.72. The second-order valence-corrected chi connectivity index (χ2v) is 7.28. The van der Waals surface area contributed by atoms with Gasteiger partial charge in [-0.15, -0.1) is 10.2 Å². The Balaban J connectivity index is 2.34. The maximum Gasteiger partial charge on any atom is 0.436 e. The average Bonchev–Trinajstić information content (AvgIpc) is 3.09. The van der Waals surface area contributed by atoms with Crippen molar-refractivity contribution in [3.05, 3.63) is 21.7 Å². The summed E-state index contributed by atoms with van der Waals surface area (Å²) in [6.45, 7) is 4.39. The number of thioether (sulfide) groups is 1. The van der Waals surface area contributed by atoms with Crippen molar-refractivity contribution in [2.75, 3.05) is 11.2 Å². The minimum absolute atomic E-state index is 0.0303. The lowest BCUT2D eigenvalue weighted by Gasteiger charge is -2.16. The van der Waals surface area contributed by atoms with Crippen LogP contribution in [0, 0.1) is 6.92 Å². The Hall–Kier alpha value is -1.70. The van der Waals surface area contributed by atoms with Crippen LogP contribution >= 0.6 is 27.7 Å². The van der Waals surface area contributed by atoms with Crippen molar-refractivity contribution in [1.29, 1.82) is 0 Å². The molecule has 2 heterocycles. The summed E-state index contributed by atoms with van der Waals surface area (Å²) >= 11 is 3.88. The van der Waals surface area contributed by atoms with Crippen LogP contribution in [0.2, 0.25) is 0 Å². The van der Waals surface area contributed by atoms with Crippen molar-refractivity contribution in [2.45, 2.75) is 44.6 Å². The zero-order valence-corrected chi connectivity index (χ0v) is 16.6. The second kappa shape index (κ2) is 8.12.